The molecule has 6 rings (SSSR count). The summed E-state index contributed by atoms with van der Waals surface area (Å²) in [6.45, 7) is 6.77. The maximum absolute atomic E-state index is 13.8. The highest BCUT2D eigenvalue weighted by atomic mass is 16.5. The van der Waals surface area contributed by atoms with Gasteiger partial charge in [-0.15, -0.1) is 0 Å². The van der Waals surface area contributed by atoms with E-state index in [1.165, 1.54) is 0 Å². The zero-order valence-electron chi connectivity index (χ0n) is 17.4. The second-order valence-electron chi connectivity index (χ2n) is 8.38. The summed E-state index contributed by atoms with van der Waals surface area (Å²) in [6.07, 6.45) is 4.52. The Bertz CT molecular complexity index is 1450. The predicted octanol–water partition coefficient (Wildman–Crippen LogP) is 2.84. The number of nitrogens with one attached hydrogen (secondary N) is 2. The van der Waals surface area contributed by atoms with Crippen LogP contribution < -0.4 is 10.7 Å². The Kier molecular flexibility index (Phi) is 4.29. The van der Waals surface area contributed by atoms with Crippen LogP contribution in [0.5, 0.6) is 0 Å². The summed E-state index contributed by atoms with van der Waals surface area (Å²) < 4.78 is 7.46. The van der Waals surface area contributed by atoms with Crippen molar-refractivity contribution < 1.29 is 4.74 Å². The molecule has 0 saturated carbocycles. The van der Waals surface area contributed by atoms with Crippen LogP contribution in [0.15, 0.2) is 41.6 Å². The number of hydrogen-bond acceptors (Lipinski definition) is 6. The van der Waals surface area contributed by atoms with Gasteiger partial charge >= 0.3 is 0 Å². The molecular weight excluding hydrogens is 392 g/mol. The smallest absolute Gasteiger partial charge is 0.200 e. The molecule has 1 aliphatic rings. The number of aromatic amines is 1. The van der Waals surface area contributed by atoms with Crippen LogP contribution in [-0.4, -0.2) is 63.4 Å². The van der Waals surface area contributed by atoms with Gasteiger partial charge in [-0.25, -0.2) is 4.98 Å². The average molecular weight is 416 g/mol. The Morgan fingerprint density at radius 3 is 2.94 bits per heavy atom. The van der Waals surface area contributed by atoms with E-state index >= 15 is 0 Å². The SMILES string of the molecule is CC(CCN1CCOCC1)Nc1ccc2ncn3c4ccc5[nH]ncc5c4c(=O)c1c23. The number of hydrogen-bond donors (Lipinski definition) is 2. The maximum Gasteiger partial charge on any atom is 0.200 e. The van der Waals surface area contributed by atoms with Gasteiger partial charge in [-0.3, -0.25) is 19.2 Å². The van der Waals surface area contributed by atoms with Crippen molar-refractivity contribution in [1.82, 2.24) is 24.5 Å². The zero-order chi connectivity index (χ0) is 20.9. The van der Waals surface area contributed by atoms with E-state index in [0.717, 1.165) is 72.4 Å². The van der Waals surface area contributed by atoms with Gasteiger partial charge in [-0.1, -0.05) is 0 Å². The monoisotopic (exact) mass is 416 g/mol. The second kappa shape index (κ2) is 7.18. The molecule has 2 N–H and O–H groups in total. The van der Waals surface area contributed by atoms with Gasteiger partial charge in [0.15, 0.2) is 5.43 Å². The third-order valence-corrected chi connectivity index (χ3v) is 6.41. The number of morpholine rings is 1. The number of fused-ring (bicyclic) bond motifs is 4. The van der Waals surface area contributed by atoms with E-state index in [4.69, 9.17) is 4.74 Å². The molecule has 3 aromatic heterocycles. The molecule has 1 fully saturated rings. The summed E-state index contributed by atoms with van der Waals surface area (Å²) in [6, 6.07) is 8.12. The van der Waals surface area contributed by atoms with Crippen LogP contribution in [-0.2, 0) is 4.74 Å². The third-order valence-electron chi connectivity index (χ3n) is 6.41. The molecule has 5 aromatic rings. The highest BCUT2D eigenvalue weighted by Crippen LogP contribution is 2.31. The summed E-state index contributed by atoms with van der Waals surface area (Å²) in [4.78, 5) is 20.7. The van der Waals surface area contributed by atoms with E-state index in [-0.39, 0.29) is 11.5 Å². The number of nitrogens with zero attached hydrogens (tertiary/aromatic N) is 4. The fraction of sp³-hybridized carbons (Fsp3) is 0.348. The van der Waals surface area contributed by atoms with Crippen LogP contribution in [0.25, 0.3) is 38.2 Å². The Morgan fingerprint density at radius 1 is 1.19 bits per heavy atom. The molecule has 8 nitrogen and oxygen atoms in total. The van der Waals surface area contributed by atoms with Crippen LogP contribution in [0.1, 0.15) is 13.3 Å². The molecule has 0 radical (unpaired) electrons. The number of rotatable bonds is 5. The van der Waals surface area contributed by atoms with Gasteiger partial charge in [-0.05, 0) is 37.6 Å². The van der Waals surface area contributed by atoms with Crippen molar-refractivity contribution in [3.8, 4) is 0 Å². The first-order chi connectivity index (χ1) is 15.2. The van der Waals surface area contributed by atoms with Crippen molar-refractivity contribution in [2.45, 2.75) is 19.4 Å². The highest BCUT2D eigenvalue weighted by Gasteiger charge is 2.19. The largest absolute Gasteiger partial charge is 0.382 e. The maximum atomic E-state index is 13.8. The number of H-pyrrole nitrogens is 1. The van der Waals surface area contributed by atoms with Crippen molar-refractivity contribution >= 4 is 43.9 Å². The van der Waals surface area contributed by atoms with Crippen LogP contribution in [0.4, 0.5) is 5.69 Å². The van der Waals surface area contributed by atoms with Gasteiger partial charge in [0.2, 0.25) is 0 Å². The van der Waals surface area contributed by atoms with Gasteiger partial charge < -0.3 is 10.1 Å². The second-order valence-corrected chi connectivity index (χ2v) is 8.38. The molecule has 1 saturated heterocycles. The minimum atomic E-state index is 0.0171. The minimum Gasteiger partial charge on any atom is -0.382 e. The van der Waals surface area contributed by atoms with E-state index in [2.05, 4.69) is 32.3 Å². The first-order valence-electron chi connectivity index (χ1n) is 10.8. The first kappa shape index (κ1) is 18.5. The molecule has 158 valence electrons. The van der Waals surface area contributed by atoms with Crippen molar-refractivity contribution in [3.63, 3.8) is 0 Å². The first-order valence-corrected chi connectivity index (χ1v) is 10.8. The lowest BCUT2D eigenvalue weighted by Crippen LogP contribution is -2.38. The van der Waals surface area contributed by atoms with Gasteiger partial charge in [0.05, 0.1) is 52.2 Å². The highest BCUT2D eigenvalue weighted by molar-refractivity contribution is 6.13. The average Bonchev–Trinajstić information content (AvgIpc) is 3.44. The number of benzene rings is 2. The van der Waals surface area contributed by atoms with Crippen molar-refractivity contribution in [3.05, 3.63) is 47.0 Å². The normalized spacial score (nSPS) is 16.7. The van der Waals surface area contributed by atoms with Crippen molar-refractivity contribution in [2.24, 2.45) is 0 Å². The number of aromatic nitrogens is 4. The van der Waals surface area contributed by atoms with Crippen molar-refractivity contribution in [2.75, 3.05) is 38.2 Å². The van der Waals surface area contributed by atoms with Gasteiger partial charge in [-0.2, -0.15) is 5.10 Å². The lowest BCUT2D eigenvalue weighted by atomic mass is 10.0. The molecule has 1 unspecified atom stereocenters. The molecule has 0 aliphatic carbocycles. The van der Waals surface area contributed by atoms with Crippen LogP contribution in [0.3, 0.4) is 0 Å². The van der Waals surface area contributed by atoms with E-state index in [1.807, 2.05) is 28.7 Å². The zero-order valence-corrected chi connectivity index (χ0v) is 17.4. The van der Waals surface area contributed by atoms with Crippen molar-refractivity contribution in [1.29, 1.82) is 0 Å². The van der Waals surface area contributed by atoms with E-state index in [9.17, 15) is 4.79 Å². The fourth-order valence-electron chi connectivity index (χ4n) is 4.75. The van der Waals surface area contributed by atoms with Gasteiger partial charge in [0.25, 0.3) is 0 Å². The lowest BCUT2D eigenvalue weighted by molar-refractivity contribution is 0.0370. The lowest BCUT2D eigenvalue weighted by Gasteiger charge is -2.28. The van der Waals surface area contributed by atoms with Gasteiger partial charge in [0, 0.05) is 36.7 Å². The summed E-state index contributed by atoms with van der Waals surface area (Å²) in [5.41, 5.74) is 4.28. The number of imidazole rings is 1. The molecule has 31 heavy (non-hydrogen) atoms. The summed E-state index contributed by atoms with van der Waals surface area (Å²) in [5, 5.41) is 12.9. The quantitative estimate of drug-likeness (QED) is 0.429. The van der Waals surface area contributed by atoms with Gasteiger partial charge in [0.1, 0.15) is 6.33 Å². The summed E-state index contributed by atoms with van der Waals surface area (Å²) >= 11 is 0. The minimum absolute atomic E-state index is 0.0171. The molecule has 0 spiro atoms. The number of anilines is 1. The summed E-state index contributed by atoms with van der Waals surface area (Å²) in [5.74, 6) is 0. The molecule has 4 heterocycles. The van der Waals surface area contributed by atoms with E-state index in [0.29, 0.717) is 10.8 Å². The Balaban J connectivity index is 1.44. The molecule has 1 atom stereocenters. The molecular formula is C23H24N6O2. The Labute approximate surface area is 178 Å². The van der Waals surface area contributed by atoms with Crippen LogP contribution in [0, 0.1) is 0 Å². The topological polar surface area (TPSA) is 87.5 Å². The van der Waals surface area contributed by atoms with Crippen LogP contribution >= 0.6 is 0 Å². The summed E-state index contributed by atoms with van der Waals surface area (Å²) in [7, 11) is 0. The fourth-order valence-corrected chi connectivity index (χ4v) is 4.75. The molecule has 0 bridgehead atoms. The Morgan fingerprint density at radius 2 is 2.06 bits per heavy atom. The van der Waals surface area contributed by atoms with E-state index in [1.54, 1.807) is 12.5 Å². The third kappa shape index (κ3) is 2.94. The molecule has 1 aliphatic heterocycles. The predicted molar refractivity (Wildman–Crippen MR) is 122 cm³/mol. The van der Waals surface area contributed by atoms with E-state index < -0.39 is 0 Å². The Hall–Kier alpha value is -3.23. The standard InChI is InChI=1S/C23H24N6O2/c1-14(6-7-28-8-10-31-11-9-28)26-17-2-3-18-22-21(17)23(30)20-15-12-25-27-16(15)4-5-19(20)29(22)13-24-18/h2-5,12-14,26H,6-11H2,1H3,(H,25,27). The number of pyridine rings is 1. The molecule has 0 amide bonds. The molecule has 2 aromatic carbocycles. The number of ether oxygens (including phenoxy) is 1. The van der Waals surface area contributed by atoms with Crippen LogP contribution in [0.2, 0.25) is 0 Å². The molecule has 8 heteroatoms.